The van der Waals surface area contributed by atoms with Crippen molar-refractivity contribution in [2.75, 3.05) is 27.9 Å². The quantitative estimate of drug-likeness (QED) is 0.867. The van der Waals surface area contributed by atoms with Gasteiger partial charge in [0.05, 0.1) is 0 Å². The molecule has 0 aliphatic carbocycles. The van der Waals surface area contributed by atoms with Gasteiger partial charge in [-0.1, -0.05) is 0 Å². The zero-order valence-corrected chi connectivity index (χ0v) is 11.7. The number of nitrogens with zero attached hydrogens (tertiary/aromatic N) is 1. The van der Waals surface area contributed by atoms with Crippen molar-refractivity contribution in [2.45, 2.75) is 19.3 Å². The Morgan fingerprint density at radius 1 is 1.11 bits per heavy atom. The standard InChI is InChI=1S/C12H17ClN2O2S/c13-10-18(16,17)14-11-4-6-12(7-5-11)15-8-2-1-3-9-15/h4-7,14H,1-3,8-10H2. The Hall–Kier alpha value is -0.940. The highest BCUT2D eigenvalue weighted by molar-refractivity contribution is 7.93. The van der Waals surface area contributed by atoms with Crippen LogP contribution in [0.5, 0.6) is 0 Å². The van der Waals surface area contributed by atoms with Gasteiger partial charge in [0, 0.05) is 24.5 Å². The van der Waals surface area contributed by atoms with Crippen LogP contribution in [-0.4, -0.2) is 26.7 Å². The number of alkyl halides is 1. The van der Waals surface area contributed by atoms with Crippen LogP contribution < -0.4 is 9.62 Å². The van der Waals surface area contributed by atoms with Crippen LogP contribution in [0.1, 0.15) is 19.3 Å². The lowest BCUT2D eigenvalue weighted by molar-refractivity contribution is 0.578. The fourth-order valence-electron chi connectivity index (χ4n) is 2.10. The predicted molar refractivity (Wildman–Crippen MR) is 75.8 cm³/mol. The summed E-state index contributed by atoms with van der Waals surface area (Å²) >= 11 is 5.34. The second-order valence-corrected chi connectivity index (χ2v) is 6.73. The first-order chi connectivity index (χ1) is 8.61. The second kappa shape index (κ2) is 5.80. The average molecular weight is 289 g/mol. The highest BCUT2D eigenvalue weighted by atomic mass is 35.5. The molecule has 0 atom stereocenters. The van der Waals surface area contributed by atoms with Gasteiger partial charge in [-0.25, -0.2) is 8.42 Å². The van der Waals surface area contributed by atoms with Crippen molar-refractivity contribution in [3.8, 4) is 0 Å². The van der Waals surface area contributed by atoms with Gasteiger partial charge in [-0.05, 0) is 43.5 Å². The first-order valence-corrected chi connectivity index (χ1v) is 8.21. The number of sulfonamides is 1. The molecule has 0 unspecified atom stereocenters. The van der Waals surface area contributed by atoms with Gasteiger partial charge in [-0.3, -0.25) is 4.72 Å². The molecule has 1 aliphatic rings. The van der Waals surface area contributed by atoms with E-state index >= 15 is 0 Å². The summed E-state index contributed by atoms with van der Waals surface area (Å²) in [5.41, 5.74) is 1.69. The van der Waals surface area contributed by atoms with Crippen molar-refractivity contribution < 1.29 is 8.42 Å². The van der Waals surface area contributed by atoms with Crippen LogP contribution in [0.15, 0.2) is 24.3 Å². The third-order valence-electron chi connectivity index (χ3n) is 3.01. The molecule has 1 aliphatic heterocycles. The number of benzene rings is 1. The molecule has 1 fully saturated rings. The van der Waals surface area contributed by atoms with E-state index in [0.717, 1.165) is 18.8 Å². The first-order valence-electron chi connectivity index (χ1n) is 6.02. The van der Waals surface area contributed by atoms with E-state index in [1.165, 1.54) is 19.3 Å². The zero-order chi connectivity index (χ0) is 13.0. The van der Waals surface area contributed by atoms with E-state index in [-0.39, 0.29) is 0 Å². The molecule has 1 aromatic carbocycles. The highest BCUT2D eigenvalue weighted by Gasteiger charge is 2.11. The first kappa shape index (κ1) is 13.5. The Morgan fingerprint density at radius 3 is 2.28 bits per heavy atom. The van der Waals surface area contributed by atoms with Gasteiger partial charge in [0.25, 0.3) is 0 Å². The molecule has 1 N–H and O–H groups in total. The Bertz CT molecular complexity index is 481. The topological polar surface area (TPSA) is 49.4 Å². The number of nitrogens with one attached hydrogen (secondary N) is 1. The molecule has 0 spiro atoms. The van der Waals surface area contributed by atoms with Crippen molar-refractivity contribution >= 4 is 33.0 Å². The van der Waals surface area contributed by atoms with E-state index in [0.29, 0.717) is 5.69 Å². The number of anilines is 2. The smallest absolute Gasteiger partial charge is 0.246 e. The summed E-state index contributed by atoms with van der Waals surface area (Å²) in [7, 11) is -3.41. The molecule has 0 saturated carbocycles. The molecule has 18 heavy (non-hydrogen) atoms. The third kappa shape index (κ3) is 3.53. The molecule has 0 radical (unpaired) electrons. The second-order valence-electron chi connectivity index (χ2n) is 4.42. The molecule has 0 bridgehead atoms. The van der Waals surface area contributed by atoms with Crippen molar-refractivity contribution in [3.63, 3.8) is 0 Å². The Morgan fingerprint density at radius 2 is 1.72 bits per heavy atom. The lowest BCUT2D eigenvalue weighted by Crippen LogP contribution is -2.29. The maximum absolute atomic E-state index is 11.3. The average Bonchev–Trinajstić information content (AvgIpc) is 2.40. The van der Waals surface area contributed by atoms with Gasteiger partial charge < -0.3 is 4.90 Å². The molecule has 2 rings (SSSR count). The highest BCUT2D eigenvalue weighted by Crippen LogP contribution is 2.22. The molecule has 1 aromatic rings. The lowest BCUT2D eigenvalue weighted by atomic mass is 10.1. The molecule has 1 saturated heterocycles. The van der Waals surface area contributed by atoms with Gasteiger partial charge in [-0.2, -0.15) is 0 Å². The van der Waals surface area contributed by atoms with Gasteiger partial charge in [0.15, 0.2) is 0 Å². The summed E-state index contributed by atoms with van der Waals surface area (Å²) in [5.74, 6) is 0. The number of rotatable bonds is 4. The van der Waals surface area contributed by atoms with Crippen LogP contribution in [0.2, 0.25) is 0 Å². The zero-order valence-electron chi connectivity index (χ0n) is 10.1. The molecule has 1 heterocycles. The van der Waals surface area contributed by atoms with Gasteiger partial charge >= 0.3 is 0 Å². The molecule has 0 amide bonds. The Labute approximate surface area is 113 Å². The van der Waals surface area contributed by atoms with Gasteiger partial charge in [-0.15, -0.1) is 11.6 Å². The monoisotopic (exact) mass is 288 g/mol. The largest absolute Gasteiger partial charge is 0.372 e. The third-order valence-corrected chi connectivity index (χ3v) is 4.70. The Kier molecular flexibility index (Phi) is 4.35. The minimum atomic E-state index is -3.41. The van der Waals surface area contributed by atoms with E-state index in [1.807, 2.05) is 12.1 Å². The Balaban J connectivity index is 2.05. The van der Waals surface area contributed by atoms with Crippen LogP contribution in [0.25, 0.3) is 0 Å². The normalized spacial score (nSPS) is 16.6. The number of piperidine rings is 1. The number of hydrogen-bond donors (Lipinski definition) is 1. The molecular weight excluding hydrogens is 272 g/mol. The van der Waals surface area contributed by atoms with E-state index in [4.69, 9.17) is 11.6 Å². The summed E-state index contributed by atoms with van der Waals surface area (Å²) in [6, 6.07) is 7.43. The van der Waals surface area contributed by atoms with Crippen molar-refractivity contribution in [1.82, 2.24) is 0 Å². The van der Waals surface area contributed by atoms with Crippen LogP contribution >= 0.6 is 11.6 Å². The summed E-state index contributed by atoms with van der Waals surface area (Å²) in [6.45, 7) is 2.15. The van der Waals surface area contributed by atoms with Crippen molar-refractivity contribution in [2.24, 2.45) is 0 Å². The molecule has 6 heteroatoms. The van der Waals surface area contributed by atoms with Gasteiger partial charge in [0.1, 0.15) is 5.21 Å². The van der Waals surface area contributed by atoms with E-state index in [2.05, 4.69) is 9.62 Å². The van der Waals surface area contributed by atoms with Crippen molar-refractivity contribution in [1.29, 1.82) is 0 Å². The van der Waals surface area contributed by atoms with Crippen LogP contribution in [0.4, 0.5) is 11.4 Å². The van der Waals surface area contributed by atoms with Crippen LogP contribution in [0, 0.1) is 0 Å². The fraction of sp³-hybridized carbons (Fsp3) is 0.500. The van der Waals surface area contributed by atoms with E-state index < -0.39 is 15.2 Å². The summed E-state index contributed by atoms with van der Waals surface area (Å²) in [6.07, 6.45) is 3.74. The molecule has 0 aromatic heterocycles. The van der Waals surface area contributed by atoms with Gasteiger partial charge in [0.2, 0.25) is 10.0 Å². The lowest BCUT2D eigenvalue weighted by Gasteiger charge is -2.28. The van der Waals surface area contributed by atoms with Crippen LogP contribution in [-0.2, 0) is 10.0 Å². The maximum atomic E-state index is 11.3. The number of halogens is 1. The minimum absolute atomic E-state index is 0.430. The summed E-state index contributed by atoms with van der Waals surface area (Å²) < 4.78 is 25.0. The summed E-state index contributed by atoms with van der Waals surface area (Å²) in [5, 5.41) is -0.430. The van der Waals surface area contributed by atoms with Crippen molar-refractivity contribution in [3.05, 3.63) is 24.3 Å². The fourth-order valence-corrected chi connectivity index (χ4v) is 2.81. The minimum Gasteiger partial charge on any atom is -0.372 e. The maximum Gasteiger partial charge on any atom is 0.246 e. The SMILES string of the molecule is O=S(=O)(CCl)Nc1ccc(N2CCCCC2)cc1. The predicted octanol–water partition coefficient (Wildman–Crippen LogP) is 2.61. The molecular formula is C12H17ClN2O2S. The molecule has 100 valence electrons. The molecule has 4 nitrogen and oxygen atoms in total. The van der Waals surface area contributed by atoms with Crippen LogP contribution in [0.3, 0.4) is 0 Å². The van der Waals surface area contributed by atoms with E-state index in [1.54, 1.807) is 12.1 Å². The van der Waals surface area contributed by atoms with E-state index in [9.17, 15) is 8.42 Å². The number of hydrogen-bond acceptors (Lipinski definition) is 3. The summed E-state index contributed by atoms with van der Waals surface area (Å²) in [4.78, 5) is 2.32.